The summed E-state index contributed by atoms with van der Waals surface area (Å²) in [4.78, 5) is 11.9. The van der Waals surface area contributed by atoms with Gasteiger partial charge in [0.15, 0.2) is 0 Å². The minimum atomic E-state index is -4.59. The second kappa shape index (κ2) is 8.07. The van der Waals surface area contributed by atoms with E-state index in [9.17, 15) is 18.0 Å². The van der Waals surface area contributed by atoms with Crippen LogP contribution in [0.1, 0.15) is 18.1 Å². The third-order valence-corrected chi connectivity index (χ3v) is 3.49. The molecule has 0 atom stereocenters. The Balaban J connectivity index is 2.05. The number of nitrogens with one attached hydrogen (secondary N) is 1. The summed E-state index contributed by atoms with van der Waals surface area (Å²) in [5.41, 5.74) is -0.230. The van der Waals surface area contributed by atoms with E-state index in [1.165, 1.54) is 12.1 Å². The van der Waals surface area contributed by atoms with Crippen molar-refractivity contribution in [3.8, 4) is 5.75 Å². The molecule has 25 heavy (non-hydrogen) atoms. The Bertz CT molecular complexity index is 771. The third kappa shape index (κ3) is 5.53. The highest BCUT2D eigenvalue weighted by molar-refractivity contribution is 6.31. The average Bonchev–Trinajstić information content (AvgIpc) is 2.55. The summed E-state index contributed by atoms with van der Waals surface area (Å²) in [6.07, 6.45) is -1.81. The highest BCUT2D eigenvalue weighted by Gasteiger charge is 2.33. The molecule has 0 aliphatic rings. The zero-order valence-corrected chi connectivity index (χ0v) is 14.0. The molecule has 0 saturated heterocycles. The molecule has 0 aromatic heterocycles. The normalized spacial score (nSPS) is 11.6. The molecular formula is C18H15ClF3NO2. The van der Waals surface area contributed by atoms with Crippen molar-refractivity contribution in [2.75, 3.05) is 11.9 Å². The van der Waals surface area contributed by atoms with Crippen molar-refractivity contribution in [3.05, 3.63) is 64.7 Å². The van der Waals surface area contributed by atoms with Gasteiger partial charge in [-0.15, -0.1) is 0 Å². The molecule has 2 aromatic rings. The fourth-order valence-corrected chi connectivity index (χ4v) is 2.24. The summed E-state index contributed by atoms with van der Waals surface area (Å²) in [5, 5.41) is 1.95. The predicted octanol–water partition coefficient (Wildman–Crippen LogP) is 5.41. The molecule has 0 saturated carbocycles. The van der Waals surface area contributed by atoms with Crippen LogP contribution in [0.15, 0.2) is 48.5 Å². The Kier molecular flexibility index (Phi) is 6.09. The van der Waals surface area contributed by atoms with E-state index in [1.54, 1.807) is 30.3 Å². The molecule has 2 aromatic carbocycles. The standard InChI is InChI=1S/C18H15ClF3NO2/c1-2-25-14-7-3-12(4-8-14)5-10-17(24)23-13-6-9-16(19)15(11-13)18(20,21)22/h3-11H,2H2,1H3,(H,23,24)/b10-5+. The zero-order valence-electron chi connectivity index (χ0n) is 13.2. The van der Waals surface area contributed by atoms with Crippen LogP contribution < -0.4 is 10.1 Å². The first-order valence-electron chi connectivity index (χ1n) is 7.38. The minimum absolute atomic E-state index is 0.0121. The molecule has 0 radical (unpaired) electrons. The van der Waals surface area contributed by atoms with Crippen LogP contribution in [0.3, 0.4) is 0 Å². The molecule has 2 rings (SSSR count). The summed E-state index contributed by atoms with van der Waals surface area (Å²) >= 11 is 5.54. The van der Waals surface area contributed by atoms with Gasteiger partial charge in [-0.05, 0) is 48.9 Å². The van der Waals surface area contributed by atoms with E-state index in [0.717, 1.165) is 17.7 Å². The predicted molar refractivity (Wildman–Crippen MR) is 91.7 cm³/mol. The van der Waals surface area contributed by atoms with Gasteiger partial charge in [0.1, 0.15) is 5.75 Å². The molecule has 0 aliphatic carbocycles. The fraction of sp³-hybridized carbons (Fsp3) is 0.167. The monoisotopic (exact) mass is 369 g/mol. The number of carbonyl (C=O) groups excluding carboxylic acids is 1. The lowest BCUT2D eigenvalue weighted by molar-refractivity contribution is -0.137. The van der Waals surface area contributed by atoms with E-state index in [4.69, 9.17) is 16.3 Å². The highest BCUT2D eigenvalue weighted by atomic mass is 35.5. The molecule has 0 heterocycles. The van der Waals surface area contributed by atoms with Crippen LogP contribution in [0.5, 0.6) is 5.75 Å². The Morgan fingerprint density at radius 1 is 1.20 bits per heavy atom. The van der Waals surface area contributed by atoms with Gasteiger partial charge in [-0.3, -0.25) is 4.79 Å². The van der Waals surface area contributed by atoms with Crippen LogP contribution in [0, 0.1) is 0 Å². The molecule has 0 bridgehead atoms. The number of alkyl halides is 3. The fourth-order valence-electron chi connectivity index (χ4n) is 2.02. The Morgan fingerprint density at radius 3 is 2.48 bits per heavy atom. The van der Waals surface area contributed by atoms with Crippen molar-refractivity contribution in [2.24, 2.45) is 0 Å². The number of hydrogen-bond donors (Lipinski definition) is 1. The molecule has 3 nitrogen and oxygen atoms in total. The molecule has 7 heteroatoms. The maximum Gasteiger partial charge on any atom is 0.417 e. The summed E-state index contributed by atoms with van der Waals surface area (Å²) < 4.78 is 43.7. The van der Waals surface area contributed by atoms with Crippen molar-refractivity contribution in [1.82, 2.24) is 0 Å². The van der Waals surface area contributed by atoms with Crippen LogP contribution in [0.25, 0.3) is 6.08 Å². The molecule has 1 N–H and O–H groups in total. The minimum Gasteiger partial charge on any atom is -0.494 e. The first kappa shape index (κ1) is 18.9. The largest absolute Gasteiger partial charge is 0.494 e. The molecular weight excluding hydrogens is 355 g/mol. The first-order valence-corrected chi connectivity index (χ1v) is 7.76. The molecule has 132 valence electrons. The van der Waals surface area contributed by atoms with Crippen LogP contribution in [-0.4, -0.2) is 12.5 Å². The summed E-state index contributed by atoms with van der Waals surface area (Å²) in [7, 11) is 0. The molecule has 1 amide bonds. The molecule has 0 spiro atoms. The third-order valence-electron chi connectivity index (χ3n) is 3.16. The SMILES string of the molecule is CCOc1ccc(/C=C/C(=O)Nc2ccc(Cl)c(C(F)(F)F)c2)cc1. The van der Waals surface area contributed by atoms with Gasteiger partial charge in [0.05, 0.1) is 17.2 Å². The topological polar surface area (TPSA) is 38.3 Å². The van der Waals surface area contributed by atoms with Crippen molar-refractivity contribution in [1.29, 1.82) is 0 Å². The van der Waals surface area contributed by atoms with E-state index in [2.05, 4.69) is 5.32 Å². The van der Waals surface area contributed by atoms with E-state index in [0.29, 0.717) is 12.4 Å². The van der Waals surface area contributed by atoms with E-state index >= 15 is 0 Å². The second-order valence-corrected chi connectivity index (χ2v) is 5.42. The van der Waals surface area contributed by atoms with Gasteiger partial charge in [0.25, 0.3) is 0 Å². The van der Waals surface area contributed by atoms with Gasteiger partial charge < -0.3 is 10.1 Å². The Hall–Kier alpha value is -2.47. The van der Waals surface area contributed by atoms with Gasteiger partial charge in [-0.25, -0.2) is 0 Å². The van der Waals surface area contributed by atoms with E-state index in [1.807, 2.05) is 6.92 Å². The van der Waals surface area contributed by atoms with Gasteiger partial charge in [-0.2, -0.15) is 13.2 Å². The second-order valence-electron chi connectivity index (χ2n) is 5.02. The first-order chi connectivity index (χ1) is 11.8. The number of rotatable bonds is 5. The van der Waals surface area contributed by atoms with E-state index < -0.39 is 22.7 Å². The van der Waals surface area contributed by atoms with Gasteiger partial charge >= 0.3 is 6.18 Å². The Morgan fingerprint density at radius 2 is 1.88 bits per heavy atom. The van der Waals surface area contributed by atoms with Crippen LogP contribution in [0.2, 0.25) is 5.02 Å². The van der Waals surface area contributed by atoms with Crippen molar-refractivity contribution in [3.63, 3.8) is 0 Å². The molecule has 0 fully saturated rings. The van der Waals surface area contributed by atoms with Crippen LogP contribution in [-0.2, 0) is 11.0 Å². The number of amides is 1. The number of benzene rings is 2. The number of carbonyl (C=O) groups is 1. The highest BCUT2D eigenvalue weighted by Crippen LogP contribution is 2.36. The lowest BCUT2D eigenvalue weighted by atomic mass is 10.2. The summed E-state index contributed by atoms with van der Waals surface area (Å²) in [6.45, 7) is 2.43. The van der Waals surface area contributed by atoms with Gasteiger partial charge in [-0.1, -0.05) is 23.7 Å². The lowest BCUT2D eigenvalue weighted by Gasteiger charge is -2.11. The van der Waals surface area contributed by atoms with Crippen molar-refractivity contribution in [2.45, 2.75) is 13.1 Å². The van der Waals surface area contributed by atoms with Crippen molar-refractivity contribution < 1.29 is 22.7 Å². The van der Waals surface area contributed by atoms with Crippen LogP contribution >= 0.6 is 11.6 Å². The molecule has 0 aliphatic heterocycles. The van der Waals surface area contributed by atoms with Gasteiger partial charge in [0.2, 0.25) is 5.91 Å². The Labute approximate surface area is 148 Å². The van der Waals surface area contributed by atoms with E-state index in [-0.39, 0.29) is 5.69 Å². The average molecular weight is 370 g/mol. The van der Waals surface area contributed by atoms with Crippen LogP contribution in [0.4, 0.5) is 18.9 Å². The number of hydrogen-bond acceptors (Lipinski definition) is 2. The lowest BCUT2D eigenvalue weighted by Crippen LogP contribution is -2.11. The summed E-state index contributed by atoms with van der Waals surface area (Å²) in [5.74, 6) is 0.161. The van der Waals surface area contributed by atoms with Gasteiger partial charge in [0, 0.05) is 11.8 Å². The maximum atomic E-state index is 12.8. The van der Waals surface area contributed by atoms with Crippen molar-refractivity contribution >= 4 is 29.3 Å². The number of anilines is 1. The quantitative estimate of drug-likeness (QED) is 0.716. The molecule has 0 unspecified atom stereocenters. The number of halogens is 4. The summed E-state index contributed by atoms with van der Waals surface area (Å²) in [6, 6.07) is 10.2. The maximum absolute atomic E-state index is 12.8. The number of ether oxygens (including phenoxy) is 1. The smallest absolute Gasteiger partial charge is 0.417 e. The zero-order chi connectivity index (χ0) is 18.4.